The van der Waals surface area contributed by atoms with Crippen LogP contribution in [-0.2, 0) is 19.7 Å². The number of nitrogens with one attached hydrogen (secondary N) is 2. The lowest BCUT2D eigenvalue weighted by atomic mass is 10.1. The summed E-state index contributed by atoms with van der Waals surface area (Å²) in [6.07, 6.45) is 3.70. The van der Waals surface area contributed by atoms with Gasteiger partial charge in [-0.15, -0.1) is 0 Å². The number of aliphatic hydroxyl groups excluding tert-OH is 1. The van der Waals surface area contributed by atoms with Crippen molar-refractivity contribution in [3.8, 4) is 0 Å². The fourth-order valence-corrected chi connectivity index (χ4v) is 4.56. The quantitative estimate of drug-likeness (QED) is 0.468. The molecule has 0 fully saturated rings. The molecule has 0 bridgehead atoms. The molecule has 33 heavy (non-hydrogen) atoms. The summed E-state index contributed by atoms with van der Waals surface area (Å²) in [7, 11) is 1.55. The summed E-state index contributed by atoms with van der Waals surface area (Å²) in [5, 5.41) is 20.3. The maximum absolute atomic E-state index is 13.3. The molecule has 178 valence electrons. The van der Waals surface area contributed by atoms with Crippen molar-refractivity contribution < 1.29 is 28.0 Å². The van der Waals surface area contributed by atoms with Gasteiger partial charge in [0, 0.05) is 38.4 Å². The van der Waals surface area contributed by atoms with Crippen LogP contribution in [0.1, 0.15) is 16.1 Å². The van der Waals surface area contributed by atoms with Gasteiger partial charge in [-0.05, 0) is 36.8 Å². The standard InChI is InChI=1S/C20H26N6O6S/c1-12-8-14-18(22-23-19(14)20(29)26(4)32-5)15(9-12)33(30,31)25(3)11-16(27)21-13-6-7-24(2)17(28)10-13/h6-10,17,28H,11H2,1-5H3,(H,21,27)(H,22,23). The Balaban J connectivity index is 1.87. The SMILES string of the molecule is CON(C)C(=O)c1n[nH]c2c(S(=O)(=O)N(C)CC(=O)NC3=CC(O)N(C)C=C3)cc(C)cc12. The maximum Gasteiger partial charge on any atom is 0.298 e. The molecule has 0 aliphatic carbocycles. The number of H-pyrrole nitrogens is 1. The smallest absolute Gasteiger partial charge is 0.298 e. The van der Waals surface area contributed by atoms with Crippen LogP contribution in [0.3, 0.4) is 0 Å². The van der Waals surface area contributed by atoms with Gasteiger partial charge in [0.2, 0.25) is 15.9 Å². The van der Waals surface area contributed by atoms with Crippen molar-refractivity contribution in [1.82, 2.24) is 29.8 Å². The second-order valence-electron chi connectivity index (χ2n) is 7.57. The number of aliphatic hydroxyl groups is 1. The number of fused-ring (bicyclic) bond motifs is 1. The minimum atomic E-state index is -4.13. The number of aromatic nitrogens is 2. The molecule has 0 spiro atoms. The van der Waals surface area contributed by atoms with E-state index in [0.29, 0.717) is 16.6 Å². The van der Waals surface area contributed by atoms with Gasteiger partial charge in [0.05, 0.1) is 19.2 Å². The van der Waals surface area contributed by atoms with Crippen LogP contribution in [0.25, 0.3) is 10.9 Å². The molecule has 1 aliphatic heterocycles. The number of carbonyl (C=O) groups is 2. The average molecular weight is 479 g/mol. The zero-order chi connectivity index (χ0) is 24.5. The Labute approximate surface area is 191 Å². The first-order chi connectivity index (χ1) is 15.4. The van der Waals surface area contributed by atoms with Crippen LogP contribution >= 0.6 is 0 Å². The van der Waals surface area contributed by atoms with Crippen molar-refractivity contribution in [3.05, 3.63) is 47.4 Å². The van der Waals surface area contributed by atoms with E-state index in [9.17, 15) is 23.1 Å². The van der Waals surface area contributed by atoms with Crippen molar-refractivity contribution >= 4 is 32.7 Å². The molecule has 2 amide bonds. The van der Waals surface area contributed by atoms with E-state index in [1.165, 1.54) is 38.2 Å². The number of rotatable bonds is 7. The third-order valence-corrected chi connectivity index (χ3v) is 6.94. The Bertz CT molecular complexity index is 1250. The van der Waals surface area contributed by atoms with Gasteiger partial charge in [0.25, 0.3) is 5.91 Å². The van der Waals surface area contributed by atoms with Crippen LogP contribution in [-0.4, -0.2) is 90.8 Å². The van der Waals surface area contributed by atoms with Crippen LogP contribution in [0.2, 0.25) is 0 Å². The molecule has 2 heterocycles. The number of sulfonamides is 1. The predicted molar refractivity (Wildman–Crippen MR) is 119 cm³/mol. The molecule has 0 radical (unpaired) electrons. The number of nitrogens with zero attached hydrogens (tertiary/aromatic N) is 4. The van der Waals surface area contributed by atoms with Gasteiger partial charge in [-0.1, -0.05) is 0 Å². The van der Waals surface area contributed by atoms with Crippen LogP contribution in [0.15, 0.2) is 41.1 Å². The molecule has 1 aromatic carbocycles. The molecule has 0 saturated heterocycles. The molecule has 2 aromatic rings. The first-order valence-corrected chi connectivity index (χ1v) is 11.3. The molecular formula is C20H26N6O6S. The summed E-state index contributed by atoms with van der Waals surface area (Å²) in [4.78, 5) is 31.3. The van der Waals surface area contributed by atoms with Crippen molar-refractivity contribution in [2.75, 3.05) is 34.8 Å². The fraction of sp³-hybridized carbons (Fsp3) is 0.350. The Kier molecular flexibility index (Phi) is 6.88. The first-order valence-electron chi connectivity index (χ1n) is 9.82. The average Bonchev–Trinajstić information content (AvgIpc) is 3.17. The number of carbonyl (C=O) groups excluding carboxylic acids is 2. The maximum atomic E-state index is 13.3. The van der Waals surface area contributed by atoms with E-state index in [1.54, 1.807) is 32.3 Å². The first kappa shape index (κ1) is 24.4. The molecule has 12 nitrogen and oxygen atoms in total. The number of benzene rings is 1. The number of aryl methyl sites for hydroxylation is 1. The highest BCUT2D eigenvalue weighted by molar-refractivity contribution is 7.89. The number of amides is 2. The van der Waals surface area contributed by atoms with Gasteiger partial charge in [-0.25, -0.2) is 13.5 Å². The molecule has 13 heteroatoms. The minimum Gasteiger partial charge on any atom is -0.370 e. The predicted octanol–water partition coefficient (Wildman–Crippen LogP) is -0.0972. The van der Waals surface area contributed by atoms with E-state index in [1.807, 2.05) is 0 Å². The number of hydroxylamine groups is 2. The minimum absolute atomic E-state index is 0.00875. The highest BCUT2D eigenvalue weighted by Gasteiger charge is 2.29. The van der Waals surface area contributed by atoms with E-state index in [-0.39, 0.29) is 16.1 Å². The van der Waals surface area contributed by atoms with Crippen molar-refractivity contribution in [2.24, 2.45) is 0 Å². The van der Waals surface area contributed by atoms with Crippen LogP contribution < -0.4 is 5.32 Å². The molecule has 1 unspecified atom stereocenters. The summed E-state index contributed by atoms with van der Waals surface area (Å²) < 4.78 is 27.5. The van der Waals surface area contributed by atoms with Crippen molar-refractivity contribution in [1.29, 1.82) is 0 Å². The van der Waals surface area contributed by atoms with Gasteiger partial charge in [0.1, 0.15) is 11.1 Å². The number of hydrogen-bond acceptors (Lipinski definition) is 8. The zero-order valence-corrected chi connectivity index (χ0v) is 19.7. The Morgan fingerprint density at radius 1 is 1.33 bits per heavy atom. The molecule has 1 aromatic heterocycles. The van der Waals surface area contributed by atoms with Gasteiger partial charge < -0.3 is 15.3 Å². The topological polar surface area (TPSA) is 148 Å². The summed E-state index contributed by atoms with van der Waals surface area (Å²) in [5.74, 6) is -1.13. The number of aromatic amines is 1. The normalized spacial score (nSPS) is 16.3. The van der Waals surface area contributed by atoms with Gasteiger partial charge >= 0.3 is 0 Å². The van der Waals surface area contributed by atoms with E-state index in [4.69, 9.17) is 4.84 Å². The Morgan fingerprint density at radius 2 is 2.03 bits per heavy atom. The van der Waals surface area contributed by atoms with Gasteiger partial charge in [0.15, 0.2) is 5.69 Å². The van der Waals surface area contributed by atoms with E-state index >= 15 is 0 Å². The summed E-state index contributed by atoms with van der Waals surface area (Å²) in [5.41, 5.74) is 1.10. The van der Waals surface area contributed by atoms with E-state index < -0.39 is 34.6 Å². The van der Waals surface area contributed by atoms with Crippen molar-refractivity contribution in [2.45, 2.75) is 18.0 Å². The lowest BCUT2D eigenvalue weighted by Gasteiger charge is -2.24. The number of allylic oxidation sites excluding steroid dienone is 1. The lowest BCUT2D eigenvalue weighted by molar-refractivity contribution is -0.120. The molecular weight excluding hydrogens is 452 g/mol. The number of likely N-dealkylation sites (N-methyl/N-ethyl adjacent to an activating group) is 2. The fourth-order valence-electron chi connectivity index (χ4n) is 3.18. The molecule has 1 aliphatic rings. The van der Waals surface area contributed by atoms with Crippen LogP contribution in [0.4, 0.5) is 0 Å². The molecule has 3 N–H and O–H groups in total. The molecule has 0 saturated carbocycles. The largest absolute Gasteiger partial charge is 0.370 e. The summed E-state index contributed by atoms with van der Waals surface area (Å²) >= 11 is 0. The number of hydrogen-bond donors (Lipinski definition) is 3. The summed E-state index contributed by atoms with van der Waals surface area (Å²) in [6.45, 7) is 1.22. The Hall–Kier alpha value is -3.26. The second-order valence-corrected chi connectivity index (χ2v) is 9.58. The third kappa shape index (κ3) is 4.90. The van der Waals surface area contributed by atoms with E-state index in [0.717, 1.165) is 9.37 Å². The zero-order valence-electron chi connectivity index (χ0n) is 18.9. The van der Waals surface area contributed by atoms with Crippen LogP contribution in [0, 0.1) is 6.92 Å². The lowest BCUT2D eigenvalue weighted by Crippen LogP contribution is -2.39. The van der Waals surface area contributed by atoms with E-state index in [2.05, 4.69) is 15.5 Å². The Morgan fingerprint density at radius 3 is 2.67 bits per heavy atom. The third-order valence-electron chi connectivity index (χ3n) is 5.12. The highest BCUT2D eigenvalue weighted by Crippen LogP contribution is 2.28. The second kappa shape index (κ2) is 9.31. The van der Waals surface area contributed by atoms with Gasteiger partial charge in [-0.2, -0.15) is 9.40 Å². The van der Waals surface area contributed by atoms with Crippen molar-refractivity contribution in [3.63, 3.8) is 0 Å². The monoisotopic (exact) mass is 478 g/mol. The van der Waals surface area contributed by atoms with Gasteiger partial charge in [-0.3, -0.25) is 19.5 Å². The molecule has 1 atom stereocenters. The highest BCUT2D eigenvalue weighted by atomic mass is 32.2. The summed E-state index contributed by atoms with van der Waals surface area (Å²) in [6, 6.07) is 3.09. The molecule has 3 rings (SSSR count). The van der Waals surface area contributed by atoms with Crippen LogP contribution in [0.5, 0.6) is 0 Å².